The maximum absolute atomic E-state index is 12.6. The van der Waals surface area contributed by atoms with Gasteiger partial charge in [0, 0.05) is 19.5 Å². The Balaban J connectivity index is 1.36. The molecule has 3 aromatic carbocycles. The molecule has 0 aromatic heterocycles. The van der Waals surface area contributed by atoms with E-state index >= 15 is 0 Å². The molecular formula is C28H28N2O5. The first-order valence-electron chi connectivity index (χ1n) is 11.5. The van der Waals surface area contributed by atoms with E-state index in [4.69, 9.17) is 9.84 Å². The van der Waals surface area contributed by atoms with Crippen molar-refractivity contribution < 1.29 is 24.2 Å². The van der Waals surface area contributed by atoms with Crippen molar-refractivity contribution in [3.63, 3.8) is 0 Å². The van der Waals surface area contributed by atoms with E-state index in [9.17, 15) is 14.4 Å². The van der Waals surface area contributed by atoms with Crippen molar-refractivity contribution in [1.29, 1.82) is 0 Å². The molecule has 0 aliphatic heterocycles. The molecular weight excluding hydrogens is 444 g/mol. The minimum Gasteiger partial charge on any atom is -0.480 e. The second-order valence-electron chi connectivity index (χ2n) is 8.64. The van der Waals surface area contributed by atoms with Gasteiger partial charge in [-0.3, -0.25) is 4.79 Å². The highest BCUT2D eigenvalue weighted by molar-refractivity contribution is 5.84. The molecule has 0 heterocycles. The first-order valence-corrected chi connectivity index (χ1v) is 11.5. The van der Waals surface area contributed by atoms with E-state index in [1.807, 2.05) is 36.4 Å². The summed E-state index contributed by atoms with van der Waals surface area (Å²) in [6.07, 6.45) is -0.499. The summed E-state index contributed by atoms with van der Waals surface area (Å²) in [5.74, 6) is -1.40. The van der Waals surface area contributed by atoms with Crippen molar-refractivity contribution in [2.75, 3.05) is 13.7 Å². The van der Waals surface area contributed by atoms with Crippen LogP contribution in [0, 0.1) is 0 Å². The number of benzene rings is 3. The van der Waals surface area contributed by atoms with Gasteiger partial charge in [0.05, 0.1) is 6.42 Å². The van der Waals surface area contributed by atoms with Gasteiger partial charge in [-0.25, -0.2) is 9.59 Å². The van der Waals surface area contributed by atoms with Crippen LogP contribution >= 0.6 is 0 Å². The highest BCUT2D eigenvalue weighted by Crippen LogP contribution is 2.44. The summed E-state index contributed by atoms with van der Waals surface area (Å²) in [5.41, 5.74) is 6.11. The standard InChI is InChI=1S/C28H28N2O5/c1-18(27(32)33)30(2)26(31)15-19-9-3-4-10-20(19)16-29-28(34)35-17-25-23-13-7-5-11-21(23)22-12-6-8-14-24(22)25/h3-14,18,25H,15-17H2,1-2H3,(H,29,34)(H,32,33). The normalized spacial score (nSPS) is 12.9. The summed E-state index contributed by atoms with van der Waals surface area (Å²) in [6.45, 7) is 1.88. The molecule has 1 atom stereocenters. The Morgan fingerprint density at radius 1 is 0.914 bits per heavy atom. The number of nitrogens with one attached hydrogen (secondary N) is 1. The Kier molecular flexibility index (Phi) is 7.15. The lowest BCUT2D eigenvalue weighted by molar-refractivity contribution is -0.148. The number of ether oxygens (including phenoxy) is 1. The number of amides is 2. The summed E-state index contributed by atoms with van der Waals surface area (Å²) in [7, 11) is 1.47. The number of nitrogens with zero attached hydrogens (tertiary/aromatic N) is 1. The van der Waals surface area contributed by atoms with Gasteiger partial charge < -0.3 is 20.1 Å². The number of alkyl carbamates (subject to hydrolysis) is 1. The number of carboxylic acids is 1. The molecule has 0 spiro atoms. The monoisotopic (exact) mass is 472 g/mol. The largest absolute Gasteiger partial charge is 0.480 e. The van der Waals surface area contributed by atoms with Gasteiger partial charge in [0.2, 0.25) is 5.91 Å². The molecule has 1 aliphatic rings. The lowest BCUT2D eigenvalue weighted by atomic mass is 9.98. The number of carboxylic acid groups (broad SMARTS) is 1. The second kappa shape index (κ2) is 10.4. The lowest BCUT2D eigenvalue weighted by Crippen LogP contribution is -2.41. The van der Waals surface area contributed by atoms with Gasteiger partial charge in [0.1, 0.15) is 12.6 Å². The van der Waals surface area contributed by atoms with E-state index in [2.05, 4.69) is 29.6 Å². The van der Waals surface area contributed by atoms with Gasteiger partial charge in [-0.15, -0.1) is 0 Å². The number of likely N-dealkylation sites (N-methyl/N-ethyl adjacent to an activating group) is 1. The van der Waals surface area contributed by atoms with Gasteiger partial charge in [-0.2, -0.15) is 0 Å². The lowest BCUT2D eigenvalue weighted by Gasteiger charge is -2.22. The molecule has 0 bridgehead atoms. The van der Waals surface area contributed by atoms with E-state index in [0.29, 0.717) is 0 Å². The third-order valence-electron chi connectivity index (χ3n) is 6.56. The Labute approximate surface area is 204 Å². The van der Waals surface area contributed by atoms with E-state index in [1.54, 1.807) is 12.1 Å². The summed E-state index contributed by atoms with van der Waals surface area (Å²) >= 11 is 0. The number of carbonyl (C=O) groups excluding carboxylic acids is 2. The second-order valence-corrected chi connectivity index (χ2v) is 8.64. The number of hydrogen-bond acceptors (Lipinski definition) is 4. The summed E-state index contributed by atoms with van der Waals surface area (Å²) in [6, 6.07) is 22.6. The molecule has 4 rings (SSSR count). The molecule has 180 valence electrons. The van der Waals surface area contributed by atoms with Crippen LogP contribution in [-0.4, -0.2) is 47.7 Å². The highest BCUT2D eigenvalue weighted by Gasteiger charge is 2.29. The van der Waals surface area contributed by atoms with Crippen LogP contribution in [0.1, 0.15) is 35.1 Å². The zero-order valence-corrected chi connectivity index (χ0v) is 19.7. The molecule has 35 heavy (non-hydrogen) atoms. The maximum Gasteiger partial charge on any atom is 0.407 e. The zero-order valence-electron chi connectivity index (χ0n) is 19.7. The van der Waals surface area contributed by atoms with Crippen LogP contribution in [0.5, 0.6) is 0 Å². The SMILES string of the molecule is CC(C(=O)O)N(C)C(=O)Cc1ccccc1CNC(=O)OCC1c2ccccc2-c2ccccc21. The van der Waals surface area contributed by atoms with Crippen molar-refractivity contribution in [3.05, 3.63) is 95.1 Å². The number of rotatable bonds is 8. The van der Waals surface area contributed by atoms with E-state index < -0.39 is 18.1 Å². The van der Waals surface area contributed by atoms with E-state index in [-0.39, 0.29) is 31.4 Å². The van der Waals surface area contributed by atoms with Gasteiger partial charge in [0.15, 0.2) is 0 Å². The van der Waals surface area contributed by atoms with Crippen molar-refractivity contribution in [3.8, 4) is 11.1 Å². The Morgan fingerprint density at radius 2 is 1.46 bits per heavy atom. The average molecular weight is 473 g/mol. The third kappa shape index (κ3) is 5.19. The highest BCUT2D eigenvalue weighted by atomic mass is 16.5. The first kappa shape index (κ1) is 24.0. The Morgan fingerprint density at radius 3 is 2.06 bits per heavy atom. The molecule has 0 radical (unpaired) electrons. The Bertz CT molecular complexity index is 1210. The van der Waals surface area contributed by atoms with Crippen LogP contribution in [0.2, 0.25) is 0 Å². The first-order chi connectivity index (χ1) is 16.9. The predicted octanol–water partition coefficient (Wildman–Crippen LogP) is 4.20. The molecule has 0 saturated carbocycles. The topological polar surface area (TPSA) is 95.9 Å². The fraction of sp³-hybridized carbons (Fsp3) is 0.250. The number of aliphatic carboxylic acids is 1. The minimum absolute atomic E-state index is 0.0233. The predicted molar refractivity (Wildman–Crippen MR) is 132 cm³/mol. The van der Waals surface area contributed by atoms with Crippen LogP contribution in [0.25, 0.3) is 11.1 Å². The molecule has 0 saturated heterocycles. The van der Waals surface area contributed by atoms with Crippen LogP contribution in [0.3, 0.4) is 0 Å². The zero-order chi connectivity index (χ0) is 24.9. The van der Waals surface area contributed by atoms with E-state index in [0.717, 1.165) is 33.4 Å². The molecule has 2 amide bonds. The quantitative estimate of drug-likeness (QED) is 0.512. The Hall–Kier alpha value is -4.13. The molecule has 0 fully saturated rings. The van der Waals surface area contributed by atoms with Crippen LogP contribution in [-0.2, 0) is 27.3 Å². The smallest absolute Gasteiger partial charge is 0.407 e. The molecule has 1 unspecified atom stereocenters. The average Bonchev–Trinajstić information content (AvgIpc) is 3.19. The van der Waals surface area contributed by atoms with Gasteiger partial charge in [-0.1, -0.05) is 72.8 Å². The number of carbonyl (C=O) groups is 3. The summed E-state index contributed by atoms with van der Waals surface area (Å²) < 4.78 is 5.59. The maximum atomic E-state index is 12.6. The summed E-state index contributed by atoms with van der Waals surface area (Å²) in [5, 5.41) is 11.9. The summed E-state index contributed by atoms with van der Waals surface area (Å²) in [4.78, 5) is 37.5. The van der Waals surface area contributed by atoms with Crippen LogP contribution in [0.4, 0.5) is 4.79 Å². The number of fused-ring (bicyclic) bond motifs is 3. The fourth-order valence-electron chi connectivity index (χ4n) is 4.39. The van der Waals surface area contributed by atoms with Crippen molar-refractivity contribution in [2.24, 2.45) is 0 Å². The van der Waals surface area contributed by atoms with Gasteiger partial charge in [-0.05, 0) is 40.3 Å². The van der Waals surface area contributed by atoms with E-state index in [1.165, 1.54) is 18.9 Å². The van der Waals surface area contributed by atoms with Crippen molar-refractivity contribution in [1.82, 2.24) is 10.2 Å². The fourth-order valence-corrected chi connectivity index (χ4v) is 4.39. The molecule has 7 heteroatoms. The van der Waals surface area contributed by atoms with Gasteiger partial charge in [0.25, 0.3) is 0 Å². The molecule has 2 N–H and O–H groups in total. The molecule has 7 nitrogen and oxygen atoms in total. The molecule has 1 aliphatic carbocycles. The van der Waals surface area contributed by atoms with Crippen molar-refractivity contribution >= 4 is 18.0 Å². The molecule has 3 aromatic rings. The minimum atomic E-state index is -1.06. The van der Waals surface area contributed by atoms with Crippen LogP contribution in [0.15, 0.2) is 72.8 Å². The number of hydrogen-bond donors (Lipinski definition) is 2. The third-order valence-corrected chi connectivity index (χ3v) is 6.56. The van der Waals surface area contributed by atoms with Crippen LogP contribution < -0.4 is 5.32 Å². The van der Waals surface area contributed by atoms with Crippen molar-refractivity contribution in [2.45, 2.75) is 31.8 Å². The van der Waals surface area contributed by atoms with Gasteiger partial charge >= 0.3 is 12.1 Å².